The summed E-state index contributed by atoms with van der Waals surface area (Å²) in [6.45, 7) is 2.86. The molecule has 3 unspecified atom stereocenters. The molecule has 0 aromatic carbocycles. The molecule has 0 saturated carbocycles. The van der Waals surface area contributed by atoms with Crippen LogP contribution in [0, 0.1) is 5.92 Å². The summed E-state index contributed by atoms with van der Waals surface area (Å²) < 4.78 is 0. The number of aliphatic hydroxyl groups excluding tert-OH is 1. The zero-order chi connectivity index (χ0) is 19.6. The Hall–Kier alpha value is -2.40. The van der Waals surface area contributed by atoms with Crippen molar-refractivity contribution < 1.29 is 24.6 Å². The SMILES string of the molecule is CC(C)C(NC(=O)C(CO)NC(=O)C(N)CCCN=C(N)N)C(=O)O. The fourth-order valence-corrected chi connectivity index (χ4v) is 1.89. The molecule has 0 aliphatic rings. The average molecular weight is 360 g/mol. The molecule has 144 valence electrons. The number of amides is 2. The molecule has 0 spiro atoms. The quantitative estimate of drug-likeness (QED) is 0.115. The van der Waals surface area contributed by atoms with Crippen LogP contribution in [0.5, 0.6) is 0 Å². The van der Waals surface area contributed by atoms with Gasteiger partial charge in [0.25, 0.3) is 0 Å². The number of aliphatic hydroxyl groups is 1. The third kappa shape index (κ3) is 8.86. The van der Waals surface area contributed by atoms with Crippen LogP contribution in [0.2, 0.25) is 0 Å². The Bertz CT molecular complexity index is 492. The minimum atomic E-state index is -1.29. The molecular weight excluding hydrogens is 332 g/mol. The van der Waals surface area contributed by atoms with E-state index in [-0.39, 0.29) is 18.3 Å². The smallest absolute Gasteiger partial charge is 0.326 e. The molecule has 11 heteroatoms. The Morgan fingerprint density at radius 2 is 1.72 bits per heavy atom. The van der Waals surface area contributed by atoms with Gasteiger partial charge in [-0.05, 0) is 18.8 Å². The lowest BCUT2D eigenvalue weighted by atomic mass is 10.0. The minimum Gasteiger partial charge on any atom is -0.480 e. The second-order valence-corrected chi connectivity index (χ2v) is 5.87. The van der Waals surface area contributed by atoms with Crippen LogP contribution in [-0.2, 0) is 14.4 Å². The highest BCUT2D eigenvalue weighted by Crippen LogP contribution is 2.03. The molecule has 3 atom stereocenters. The van der Waals surface area contributed by atoms with Crippen molar-refractivity contribution >= 4 is 23.7 Å². The van der Waals surface area contributed by atoms with Crippen LogP contribution in [0.25, 0.3) is 0 Å². The highest BCUT2D eigenvalue weighted by atomic mass is 16.4. The van der Waals surface area contributed by atoms with E-state index in [9.17, 15) is 19.5 Å². The van der Waals surface area contributed by atoms with E-state index in [1.54, 1.807) is 13.8 Å². The lowest BCUT2D eigenvalue weighted by Crippen LogP contribution is -2.56. The van der Waals surface area contributed by atoms with E-state index in [4.69, 9.17) is 22.3 Å². The van der Waals surface area contributed by atoms with Gasteiger partial charge in [-0.2, -0.15) is 0 Å². The first-order valence-corrected chi connectivity index (χ1v) is 7.85. The van der Waals surface area contributed by atoms with Crippen LogP contribution >= 0.6 is 0 Å². The summed E-state index contributed by atoms with van der Waals surface area (Å²) >= 11 is 0. The Balaban J connectivity index is 4.59. The number of carboxylic acids is 1. The third-order valence-electron chi connectivity index (χ3n) is 3.35. The number of rotatable bonds is 11. The van der Waals surface area contributed by atoms with Crippen molar-refractivity contribution in [3.8, 4) is 0 Å². The zero-order valence-corrected chi connectivity index (χ0v) is 14.4. The number of aliphatic imine (C=N–C) groups is 1. The molecule has 0 saturated heterocycles. The highest BCUT2D eigenvalue weighted by Gasteiger charge is 2.28. The Kier molecular flexibility index (Phi) is 10.1. The summed E-state index contributed by atoms with van der Waals surface area (Å²) in [7, 11) is 0. The number of carboxylic acid groups (broad SMARTS) is 1. The number of carbonyl (C=O) groups is 3. The highest BCUT2D eigenvalue weighted by molar-refractivity contribution is 5.91. The largest absolute Gasteiger partial charge is 0.480 e. The lowest BCUT2D eigenvalue weighted by molar-refractivity contribution is -0.143. The van der Waals surface area contributed by atoms with Crippen LogP contribution < -0.4 is 27.8 Å². The molecule has 11 nitrogen and oxygen atoms in total. The Labute approximate surface area is 146 Å². The summed E-state index contributed by atoms with van der Waals surface area (Å²) in [6, 6.07) is -3.35. The minimum absolute atomic E-state index is 0.0619. The topological polar surface area (TPSA) is 206 Å². The van der Waals surface area contributed by atoms with E-state index in [0.29, 0.717) is 13.0 Å². The van der Waals surface area contributed by atoms with Crippen LogP contribution in [0.3, 0.4) is 0 Å². The van der Waals surface area contributed by atoms with Gasteiger partial charge in [0.15, 0.2) is 5.96 Å². The van der Waals surface area contributed by atoms with Crippen molar-refractivity contribution in [1.82, 2.24) is 10.6 Å². The number of nitrogens with zero attached hydrogens (tertiary/aromatic N) is 1. The molecular formula is C14H28N6O5. The second kappa shape index (κ2) is 11.2. The summed E-state index contributed by atoms with van der Waals surface area (Å²) in [6.07, 6.45) is 0.725. The normalized spacial score (nSPS) is 14.3. The van der Waals surface area contributed by atoms with Gasteiger partial charge >= 0.3 is 5.97 Å². The predicted octanol–water partition coefficient (Wildman–Crippen LogP) is -2.93. The van der Waals surface area contributed by atoms with Crippen LogP contribution in [0.1, 0.15) is 26.7 Å². The van der Waals surface area contributed by atoms with Gasteiger partial charge in [0.05, 0.1) is 12.6 Å². The molecule has 25 heavy (non-hydrogen) atoms. The van der Waals surface area contributed by atoms with E-state index in [0.717, 1.165) is 0 Å². The molecule has 0 bridgehead atoms. The predicted molar refractivity (Wildman–Crippen MR) is 91.3 cm³/mol. The molecule has 10 N–H and O–H groups in total. The second-order valence-electron chi connectivity index (χ2n) is 5.87. The molecule has 0 heterocycles. The van der Waals surface area contributed by atoms with Gasteiger partial charge in [0, 0.05) is 6.54 Å². The van der Waals surface area contributed by atoms with Gasteiger partial charge in [0.1, 0.15) is 12.1 Å². The van der Waals surface area contributed by atoms with E-state index in [1.807, 2.05) is 0 Å². The number of nitrogens with two attached hydrogens (primary N) is 3. The van der Waals surface area contributed by atoms with Crippen molar-refractivity contribution in [2.45, 2.75) is 44.8 Å². The molecule has 0 fully saturated rings. The summed E-state index contributed by atoms with van der Waals surface area (Å²) in [5.41, 5.74) is 16.0. The number of carbonyl (C=O) groups excluding carboxylic acids is 2. The molecule has 0 aliphatic heterocycles. The Morgan fingerprint density at radius 3 is 2.16 bits per heavy atom. The van der Waals surface area contributed by atoms with Crippen molar-refractivity contribution in [3.05, 3.63) is 0 Å². The first-order chi connectivity index (χ1) is 11.6. The lowest BCUT2D eigenvalue weighted by Gasteiger charge is -2.23. The molecule has 0 radical (unpaired) electrons. The average Bonchev–Trinajstić information content (AvgIpc) is 2.52. The molecule has 0 rings (SSSR count). The first kappa shape index (κ1) is 22.6. The van der Waals surface area contributed by atoms with Crippen LogP contribution in [0.15, 0.2) is 4.99 Å². The Morgan fingerprint density at radius 1 is 1.12 bits per heavy atom. The van der Waals surface area contributed by atoms with Crippen LogP contribution in [0.4, 0.5) is 0 Å². The zero-order valence-electron chi connectivity index (χ0n) is 14.4. The van der Waals surface area contributed by atoms with Gasteiger partial charge in [-0.1, -0.05) is 13.8 Å². The van der Waals surface area contributed by atoms with Crippen molar-refractivity contribution in [1.29, 1.82) is 0 Å². The van der Waals surface area contributed by atoms with Gasteiger partial charge in [-0.25, -0.2) is 4.79 Å². The summed E-state index contributed by atoms with van der Waals surface area (Å²) in [5, 5.41) is 22.9. The fourth-order valence-electron chi connectivity index (χ4n) is 1.89. The van der Waals surface area contributed by atoms with Gasteiger partial charge in [-0.15, -0.1) is 0 Å². The van der Waals surface area contributed by atoms with Gasteiger partial charge in [0.2, 0.25) is 11.8 Å². The van der Waals surface area contributed by atoms with Crippen molar-refractivity contribution in [2.24, 2.45) is 28.1 Å². The fraction of sp³-hybridized carbons (Fsp3) is 0.714. The third-order valence-corrected chi connectivity index (χ3v) is 3.35. The van der Waals surface area contributed by atoms with Gasteiger partial charge < -0.3 is 38.0 Å². The maximum absolute atomic E-state index is 12.1. The van der Waals surface area contributed by atoms with E-state index in [2.05, 4.69) is 15.6 Å². The number of nitrogens with one attached hydrogen (secondary N) is 2. The van der Waals surface area contributed by atoms with E-state index >= 15 is 0 Å². The molecule has 0 aliphatic carbocycles. The molecule has 2 amide bonds. The molecule has 0 aromatic heterocycles. The van der Waals surface area contributed by atoms with Crippen molar-refractivity contribution in [3.63, 3.8) is 0 Å². The first-order valence-electron chi connectivity index (χ1n) is 7.85. The number of guanidine groups is 1. The van der Waals surface area contributed by atoms with E-state index in [1.165, 1.54) is 0 Å². The number of aliphatic carboxylic acids is 1. The number of hydrogen-bond donors (Lipinski definition) is 7. The standard InChI is InChI=1S/C14H28N6O5/c1-7(2)10(13(24)25)20-12(23)9(6-21)19-11(22)8(15)4-3-5-18-14(16)17/h7-10,21H,3-6,15H2,1-2H3,(H,19,22)(H,20,23)(H,24,25)(H4,16,17,18). The number of hydrogen-bond acceptors (Lipinski definition) is 6. The van der Waals surface area contributed by atoms with E-state index < -0.39 is 42.5 Å². The maximum Gasteiger partial charge on any atom is 0.326 e. The monoisotopic (exact) mass is 360 g/mol. The van der Waals surface area contributed by atoms with Crippen LogP contribution in [-0.4, -0.2) is 65.2 Å². The molecule has 0 aromatic rings. The maximum atomic E-state index is 12.1. The van der Waals surface area contributed by atoms with Crippen molar-refractivity contribution in [2.75, 3.05) is 13.2 Å². The summed E-state index contributed by atoms with van der Waals surface area (Å²) in [4.78, 5) is 38.9. The van der Waals surface area contributed by atoms with Gasteiger partial charge in [-0.3, -0.25) is 14.6 Å². The summed E-state index contributed by atoms with van der Waals surface area (Å²) in [5.74, 6) is -3.08.